The zero-order valence-corrected chi connectivity index (χ0v) is 15.1. The summed E-state index contributed by atoms with van der Waals surface area (Å²) in [5.74, 6) is 1.12. The lowest BCUT2D eigenvalue weighted by molar-refractivity contribution is -0.132. The lowest BCUT2D eigenvalue weighted by Crippen LogP contribution is -2.17. The topological polar surface area (TPSA) is 81.5 Å². The Hall–Kier alpha value is -2.48. The van der Waals surface area contributed by atoms with Gasteiger partial charge in [0.15, 0.2) is 17.3 Å². The first-order valence-corrected chi connectivity index (χ1v) is 7.72. The van der Waals surface area contributed by atoms with Crippen molar-refractivity contribution >= 4 is 24.4 Å². The minimum atomic E-state index is -0.408. The number of ether oxygens (including phenoxy) is 2. The van der Waals surface area contributed by atoms with Gasteiger partial charge in [-0.2, -0.15) is 14.9 Å². The van der Waals surface area contributed by atoms with Crippen LogP contribution < -0.4 is 9.47 Å². The fraction of sp³-hybridized carbons (Fsp3) is 0.375. The second-order valence-electron chi connectivity index (χ2n) is 6.16. The van der Waals surface area contributed by atoms with E-state index in [-0.39, 0.29) is 5.41 Å². The average molecular weight is 348 g/mol. The minimum Gasteiger partial charge on any atom is -0.493 e. The summed E-state index contributed by atoms with van der Waals surface area (Å²) < 4.78 is 12.3. The Kier molecular flexibility index (Phi) is 5.18. The molecule has 24 heavy (non-hydrogen) atoms. The highest BCUT2D eigenvalue weighted by Gasteiger charge is 2.21. The molecule has 1 aromatic heterocycles. The molecule has 0 atom stereocenters. The van der Waals surface area contributed by atoms with E-state index in [1.165, 1.54) is 14.0 Å². The molecule has 7 nitrogen and oxygen atoms in total. The molecule has 8 heteroatoms. The van der Waals surface area contributed by atoms with Crippen molar-refractivity contribution in [3.05, 3.63) is 34.4 Å². The van der Waals surface area contributed by atoms with Crippen LogP contribution >= 0.6 is 12.2 Å². The number of rotatable bonds is 4. The molecule has 2 aromatic rings. The van der Waals surface area contributed by atoms with Crippen molar-refractivity contribution < 1.29 is 14.3 Å². The Bertz CT molecular complexity index is 831. The lowest BCUT2D eigenvalue weighted by Gasteiger charge is -2.15. The molecule has 0 fully saturated rings. The van der Waals surface area contributed by atoms with Crippen molar-refractivity contribution in [2.75, 3.05) is 7.11 Å². The number of methoxy groups -OCH3 is 1. The van der Waals surface area contributed by atoms with Crippen molar-refractivity contribution in [1.29, 1.82) is 0 Å². The molecule has 0 bridgehead atoms. The molecule has 0 saturated heterocycles. The second kappa shape index (κ2) is 6.96. The number of aromatic amines is 1. The third-order valence-corrected chi connectivity index (χ3v) is 3.35. The highest BCUT2D eigenvalue weighted by Crippen LogP contribution is 2.27. The summed E-state index contributed by atoms with van der Waals surface area (Å²) in [5, 5.41) is 11.4. The standard InChI is InChI=1S/C16H20N4O3S/c1-10(21)23-12-7-6-11(8-13(12)22-5)9-17-20-14(16(2,3)4)18-19-15(20)24/h6-9H,1-5H3,(H,19,24)/b17-9-. The Morgan fingerprint density at radius 2 is 2.08 bits per heavy atom. The summed E-state index contributed by atoms with van der Waals surface area (Å²) in [6.45, 7) is 7.42. The number of hydrogen-bond donors (Lipinski definition) is 1. The van der Waals surface area contributed by atoms with Crippen molar-refractivity contribution in [3.8, 4) is 11.5 Å². The predicted molar refractivity (Wildman–Crippen MR) is 93.4 cm³/mol. The monoisotopic (exact) mass is 348 g/mol. The van der Waals surface area contributed by atoms with Gasteiger partial charge in [0, 0.05) is 12.3 Å². The Balaban J connectivity index is 2.35. The Morgan fingerprint density at radius 1 is 1.38 bits per heavy atom. The van der Waals surface area contributed by atoms with Crippen LogP contribution in [0.4, 0.5) is 0 Å². The van der Waals surface area contributed by atoms with Crippen molar-refractivity contribution in [2.45, 2.75) is 33.1 Å². The van der Waals surface area contributed by atoms with Gasteiger partial charge in [0.2, 0.25) is 4.77 Å². The minimum absolute atomic E-state index is 0.207. The van der Waals surface area contributed by atoms with Crippen LogP contribution in [0.25, 0.3) is 0 Å². The third-order valence-electron chi connectivity index (χ3n) is 3.08. The number of esters is 1. The van der Waals surface area contributed by atoms with E-state index in [0.717, 1.165) is 11.4 Å². The first-order chi connectivity index (χ1) is 11.2. The van der Waals surface area contributed by atoms with E-state index in [1.807, 2.05) is 20.8 Å². The van der Waals surface area contributed by atoms with Crippen molar-refractivity contribution in [2.24, 2.45) is 5.10 Å². The molecule has 1 aromatic carbocycles. The van der Waals surface area contributed by atoms with Crippen LogP contribution in [0.2, 0.25) is 0 Å². The van der Waals surface area contributed by atoms with Crippen LogP contribution in [0.5, 0.6) is 11.5 Å². The maximum absolute atomic E-state index is 11.1. The number of carbonyl (C=O) groups excluding carboxylic acids is 1. The van der Waals surface area contributed by atoms with Crippen molar-refractivity contribution in [3.63, 3.8) is 0 Å². The van der Waals surface area contributed by atoms with Gasteiger partial charge < -0.3 is 9.47 Å². The molecular weight excluding hydrogens is 328 g/mol. The number of carbonyl (C=O) groups is 1. The fourth-order valence-corrected chi connectivity index (χ4v) is 2.19. The van der Waals surface area contributed by atoms with Gasteiger partial charge in [-0.25, -0.2) is 0 Å². The summed E-state index contributed by atoms with van der Waals surface area (Å²) >= 11 is 5.22. The largest absolute Gasteiger partial charge is 0.493 e. The molecular formula is C16H20N4O3S. The molecule has 1 N–H and O–H groups in total. The summed E-state index contributed by atoms with van der Waals surface area (Å²) in [5.41, 5.74) is 0.563. The van der Waals surface area contributed by atoms with Gasteiger partial charge in [-0.3, -0.25) is 9.89 Å². The molecule has 0 unspecified atom stereocenters. The van der Waals surface area contributed by atoms with Gasteiger partial charge in [-0.15, -0.1) is 0 Å². The fourth-order valence-electron chi connectivity index (χ4n) is 2.01. The molecule has 1 heterocycles. The average Bonchev–Trinajstić information content (AvgIpc) is 2.86. The molecule has 0 aliphatic rings. The van der Waals surface area contributed by atoms with E-state index in [9.17, 15) is 4.79 Å². The van der Waals surface area contributed by atoms with E-state index in [1.54, 1.807) is 29.1 Å². The van der Waals surface area contributed by atoms with Gasteiger partial charge in [0.25, 0.3) is 0 Å². The summed E-state index contributed by atoms with van der Waals surface area (Å²) in [4.78, 5) is 11.1. The first-order valence-electron chi connectivity index (χ1n) is 7.31. The van der Waals surface area contributed by atoms with E-state index in [4.69, 9.17) is 21.7 Å². The van der Waals surface area contributed by atoms with Gasteiger partial charge in [-0.1, -0.05) is 20.8 Å². The molecule has 0 saturated carbocycles. The Morgan fingerprint density at radius 3 is 2.67 bits per heavy atom. The SMILES string of the molecule is COc1cc(/C=N\n2c(C(C)(C)C)n[nH]c2=S)ccc1OC(C)=O. The first kappa shape index (κ1) is 17.9. The van der Waals surface area contributed by atoms with Gasteiger partial charge >= 0.3 is 5.97 Å². The van der Waals surface area contributed by atoms with Crippen molar-refractivity contribution in [1.82, 2.24) is 14.9 Å². The van der Waals surface area contributed by atoms with Crippen LogP contribution in [-0.2, 0) is 10.2 Å². The number of nitrogens with one attached hydrogen (secondary N) is 1. The van der Waals surface area contributed by atoms with Crippen LogP contribution in [0.1, 0.15) is 39.1 Å². The normalized spacial score (nSPS) is 11.7. The number of H-pyrrole nitrogens is 1. The zero-order chi connectivity index (χ0) is 17.9. The maximum Gasteiger partial charge on any atom is 0.308 e. The van der Waals surface area contributed by atoms with Gasteiger partial charge in [-0.05, 0) is 36.0 Å². The molecule has 2 rings (SSSR count). The van der Waals surface area contributed by atoms with E-state index < -0.39 is 5.97 Å². The van der Waals surface area contributed by atoms with Gasteiger partial charge in [0.05, 0.1) is 13.3 Å². The number of aromatic nitrogens is 3. The summed E-state index contributed by atoms with van der Waals surface area (Å²) in [6, 6.07) is 5.15. The smallest absolute Gasteiger partial charge is 0.308 e. The van der Waals surface area contributed by atoms with Crippen LogP contribution in [0, 0.1) is 4.77 Å². The summed E-state index contributed by atoms with van der Waals surface area (Å²) in [7, 11) is 1.51. The van der Waals surface area contributed by atoms with Gasteiger partial charge in [0.1, 0.15) is 0 Å². The quantitative estimate of drug-likeness (QED) is 0.397. The van der Waals surface area contributed by atoms with Crippen LogP contribution in [0.15, 0.2) is 23.3 Å². The number of benzene rings is 1. The van der Waals surface area contributed by atoms with E-state index >= 15 is 0 Å². The highest BCUT2D eigenvalue weighted by molar-refractivity contribution is 7.71. The summed E-state index contributed by atoms with van der Waals surface area (Å²) in [6.07, 6.45) is 1.64. The van der Waals surface area contributed by atoms with E-state index in [2.05, 4.69) is 15.3 Å². The Labute approximate surface area is 145 Å². The molecule has 0 aliphatic heterocycles. The van der Waals surface area contributed by atoms with Crippen LogP contribution in [-0.4, -0.2) is 34.2 Å². The molecule has 0 amide bonds. The molecule has 0 aliphatic carbocycles. The predicted octanol–water partition coefficient (Wildman–Crippen LogP) is 3.05. The van der Waals surface area contributed by atoms with Crippen LogP contribution in [0.3, 0.4) is 0 Å². The molecule has 0 spiro atoms. The maximum atomic E-state index is 11.1. The number of hydrogen-bond acceptors (Lipinski definition) is 6. The molecule has 0 radical (unpaired) electrons. The highest BCUT2D eigenvalue weighted by atomic mass is 32.1. The zero-order valence-electron chi connectivity index (χ0n) is 14.3. The third kappa shape index (κ3) is 4.08. The second-order valence-corrected chi connectivity index (χ2v) is 6.55. The molecule has 128 valence electrons. The lowest BCUT2D eigenvalue weighted by atomic mass is 9.96. The van der Waals surface area contributed by atoms with E-state index in [0.29, 0.717) is 16.3 Å². The number of nitrogens with zero attached hydrogens (tertiary/aromatic N) is 3.